The molecule has 26 heavy (non-hydrogen) atoms. The highest BCUT2D eigenvalue weighted by Gasteiger charge is 2.19. The van der Waals surface area contributed by atoms with E-state index in [2.05, 4.69) is 10.2 Å². The summed E-state index contributed by atoms with van der Waals surface area (Å²) < 4.78 is 7.09. The summed E-state index contributed by atoms with van der Waals surface area (Å²) in [5.41, 5.74) is 3.75. The Morgan fingerprint density at radius 3 is 2.35 bits per heavy atom. The first kappa shape index (κ1) is 17.7. The fourth-order valence-corrected chi connectivity index (χ4v) is 2.81. The average Bonchev–Trinajstić information content (AvgIpc) is 3.06. The van der Waals surface area contributed by atoms with Gasteiger partial charge in [0.25, 0.3) is 0 Å². The quantitative estimate of drug-likeness (QED) is 0.750. The summed E-state index contributed by atoms with van der Waals surface area (Å²) in [6, 6.07) is 13.5. The van der Waals surface area contributed by atoms with Crippen molar-refractivity contribution in [1.29, 1.82) is 0 Å². The summed E-state index contributed by atoms with van der Waals surface area (Å²) in [6.07, 6.45) is 0. The molecule has 0 saturated carbocycles. The molecule has 1 heterocycles. The number of methoxy groups -OCH3 is 1. The predicted octanol–water partition coefficient (Wildman–Crippen LogP) is 4.07. The third kappa shape index (κ3) is 3.31. The third-order valence-electron chi connectivity index (χ3n) is 4.17. The molecule has 0 atom stereocenters. The second-order valence-corrected chi connectivity index (χ2v) is 6.47. The lowest BCUT2D eigenvalue weighted by Gasteiger charge is -2.14. The highest BCUT2D eigenvalue weighted by molar-refractivity contribution is 5.90. The zero-order valence-corrected chi connectivity index (χ0v) is 15.2. The minimum Gasteiger partial charge on any atom is -0.478 e. The van der Waals surface area contributed by atoms with Gasteiger partial charge in [-0.05, 0) is 36.2 Å². The highest BCUT2D eigenvalue weighted by atomic mass is 16.5. The minimum absolute atomic E-state index is 0.0997. The molecule has 6 nitrogen and oxygen atoms in total. The van der Waals surface area contributed by atoms with Crippen molar-refractivity contribution in [2.75, 3.05) is 7.11 Å². The van der Waals surface area contributed by atoms with Crippen molar-refractivity contribution >= 4 is 5.97 Å². The number of carbonyl (C=O) groups is 1. The molecule has 0 amide bonds. The Kier molecular flexibility index (Phi) is 4.75. The molecule has 134 valence electrons. The number of hydrogen-bond donors (Lipinski definition) is 1. The Labute approximate surface area is 152 Å². The predicted molar refractivity (Wildman–Crippen MR) is 99.1 cm³/mol. The largest absolute Gasteiger partial charge is 0.478 e. The Morgan fingerprint density at radius 2 is 1.77 bits per heavy atom. The highest BCUT2D eigenvalue weighted by Crippen LogP contribution is 2.29. The summed E-state index contributed by atoms with van der Waals surface area (Å²) in [7, 11) is 1.52. The van der Waals surface area contributed by atoms with E-state index in [1.54, 1.807) is 16.7 Å². The first-order chi connectivity index (χ1) is 12.4. The molecular weight excluding hydrogens is 330 g/mol. The number of ether oxygens (including phenoxy) is 1. The molecule has 1 N–H and O–H groups in total. The van der Waals surface area contributed by atoms with Gasteiger partial charge in [0.05, 0.1) is 18.4 Å². The molecule has 0 saturated heterocycles. The van der Waals surface area contributed by atoms with Crippen LogP contribution in [0.15, 0.2) is 42.5 Å². The Balaban J connectivity index is 2.24. The maximum Gasteiger partial charge on any atom is 0.335 e. The normalized spacial score (nSPS) is 11.0. The Bertz CT molecular complexity index is 943. The number of aromatic carboxylic acids is 1. The molecule has 1 aromatic heterocycles. The van der Waals surface area contributed by atoms with Crippen LogP contribution in [0.25, 0.3) is 16.8 Å². The number of benzene rings is 2. The standard InChI is InChI=1S/C20H21N3O3/c1-12(2)18-21-22-20(26-4)23(18)17-10-15(9-16(11-17)19(24)25)14-7-5-13(3)6-8-14/h5-12H,1-4H3,(H,24,25). The summed E-state index contributed by atoms with van der Waals surface area (Å²) >= 11 is 0. The lowest BCUT2D eigenvalue weighted by atomic mass is 10.0. The second-order valence-electron chi connectivity index (χ2n) is 6.47. The molecule has 0 radical (unpaired) electrons. The summed E-state index contributed by atoms with van der Waals surface area (Å²) in [5.74, 6) is -0.180. The first-order valence-electron chi connectivity index (χ1n) is 8.35. The van der Waals surface area contributed by atoms with Crippen LogP contribution in [0.1, 0.15) is 41.5 Å². The molecule has 0 aliphatic carbocycles. The van der Waals surface area contributed by atoms with Crippen LogP contribution in [0.2, 0.25) is 0 Å². The van der Waals surface area contributed by atoms with Gasteiger partial charge in [-0.2, -0.15) is 0 Å². The first-order valence-corrected chi connectivity index (χ1v) is 8.35. The van der Waals surface area contributed by atoms with E-state index < -0.39 is 5.97 Å². The monoisotopic (exact) mass is 351 g/mol. The molecule has 0 aliphatic heterocycles. The molecule has 0 fully saturated rings. The van der Waals surface area contributed by atoms with Gasteiger partial charge in [0.2, 0.25) is 0 Å². The van der Waals surface area contributed by atoms with Crippen molar-refractivity contribution in [1.82, 2.24) is 14.8 Å². The van der Waals surface area contributed by atoms with E-state index >= 15 is 0 Å². The molecule has 2 aromatic carbocycles. The van der Waals surface area contributed by atoms with E-state index in [-0.39, 0.29) is 11.5 Å². The van der Waals surface area contributed by atoms with Gasteiger partial charge in [-0.15, -0.1) is 5.10 Å². The van der Waals surface area contributed by atoms with E-state index in [9.17, 15) is 9.90 Å². The number of aromatic nitrogens is 3. The fourth-order valence-electron chi connectivity index (χ4n) is 2.81. The Hall–Kier alpha value is -3.15. The van der Waals surface area contributed by atoms with E-state index in [4.69, 9.17) is 4.74 Å². The van der Waals surface area contributed by atoms with Gasteiger partial charge in [-0.1, -0.05) is 48.8 Å². The van der Waals surface area contributed by atoms with Gasteiger partial charge in [-0.25, -0.2) is 9.36 Å². The number of hydrogen-bond acceptors (Lipinski definition) is 4. The summed E-state index contributed by atoms with van der Waals surface area (Å²) in [4.78, 5) is 11.7. The van der Waals surface area contributed by atoms with Gasteiger partial charge in [-0.3, -0.25) is 0 Å². The van der Waals surface area contributed by atoms with Crippen molar-refractivity contribution < 1.29 is 14.6 Å². The van der Waals surface area contributed by atoms with Gasteiger partial charge >= 0.3 is 12.0 Å². The van der Waals surface area contributed by atoms with Crippen molar-refractivity contribution in [2.45, 2.75) is 26.7 Å². The van der Waals surface area contributed by atoms with Gasteiger partial charge < -0.3 is 9.84 Å². The molecule has 0 unspecified atom stereocenters. The van der Waals surface area contributed by atoms with Gasteiger partial charge in [0.1, 0.15) is 5.82 Å². The van der Waals surface area contributed by atoms with Crippen LogP contribution in [-0.2, 0) is 0 Å². The average molecular weight is 351 g/mol. The van der Waals surface area contributed by atoms with Crippen LogP contribution < -0.4 is 4.74 Å². The van der Waals surface area contributed by atoms with E-state index in [1.807, 2.05) is 51.1 Å². The van der Waals surface area contributed by atoms with Crippen LogP contribution in [0.3, 0.4) is 0 Å². The van der Waals surface area contributed by atoms with Crippen LogP contribution in [0, 0.1) is 6.92 Å². The van der Waals surface area contributed by atoms with Crippen LogP contribution in [0.4, 0.5) is 0 Å². The van der Waals surface area contributed by atoms with Gasteiger partial charge in [0.15, 0.2) is 0 Å². The van der Waals surface area contributed by atoms with Crippen molar-refractivity contribution in [3.8, 4) is 22.8 Å². The second kappa shape index (κ2) is 7.00. The van der Waals surface area contributed by atoms with Crippen LogP contribution in [-0.4, -0.2) is 33.0 Å². The van der Waals surface area contributed by atoms with Gasteiger partial charge in [0, 0.05) is 5.92 Å². The zero-order chi connectivity index (χ0) is 18.8. The summed E-state index contributed by atoms with van der Waals surface area (Å²) in [6.45, 7) is 6.02. The topological polar surface area (TPSA) is 77.2 Å². The van der Waals surface area contributed by atoms with Crippen LogP contribution in [0.5, 0.6) is 6.01 Å². The number of carboxylic acids is 1. The molecule has 3 rings (SSSR count). The molecule has 3 aromatic rings. The number of carboxylic acid groups (broad SMARTS) is 1. The van der Waals surface area contributed by atoms with Crippen LogP contribution >= 0.6 is 0 Å². The maximum absolute atomic E-state index is 11.7. The molecule has 0 bridgehead atoms. The minimum atomic E-state index is -0.988. The lowest BCUT2D eigenvalue weighted by molar-refractivity contribution is 0.0697. The lowest BCUT2D eigenvalue weighted by Crippen LogP contribution is -2.07. The molecule has 0 aliphatic rings. The molecular formula is C20H21N3O3. The molecule has 6 heteroatoms. The maximum atomic E-state index is 11.7. The zero-order valence-electron chi connectivity index (χ0n) is 15.2. The number of nitrogens with zero attached hydrogens (tertiary/aromatic N) is 3. The SMILES string of the molecule is COc1nnc(C(C)C)n1-c1cc(C(=O)O)cc(-c2ccc(C)cc2)c1. The summed E-state index contributed by atoms with van der Waals surface area (Å²) in [5, 5.41) is 17.8. The fraction of sp³-hybridized carbons (Fsp3) is 0.250. The van der Waals surface area contributed by atoms with E-state index in [0.717, 1.165) is 16.7 Å². The Morgan fingerprint density at radius 1 is 1.08 bits per heavy atom. The van der Waals surface area contributed by atoms with Crippen molar-refractivity contribution in [2.24, 2.45) is 0 Å². The third-order valence-corrected chi connectivity index (χ3v) is 4.17. The smallest absolute Gasteiger partial charge is 0.335 e. The van der Waals surface area contributed by atoms with Crippen molar-refractivity contribution in [3.63, 3.8) is 0 Å². The van der Waals surface area contributed by atoms with E-state index in [1.165, 1.54) is 7.11 Å². The molecule has 0 spiro atoms. The van der Waals surface area contributed by atoms with Crippen molar-refractivity contribution in [3.05, 3.63) is 59.4 Å². The number of aryl methyl sites for hydroxylation is 1. The van der Waals surface area contributed by atoms with E-state index in [0.29, 0.717) is 17.5 Å². The number of rotatable bonds is 5.